The minimum Gasteiger partial charge on any atom is -0.507 e. The van der Waals surface area contributed by atoms with Gasteiger partial charge in [0.15, 0.2) is 0 Å². The Morgan fingerprint density at radius 2 is 2.33 bits per heavy atom. The highest BCUT2D eigenvalue weighted by molar-refractivity contribution is 5.96. The molecule has 2 N–H and O–H groups in total. The Kier molecular flexibility index (Phi) is 3.57. The summed E-state index contributed by atoms with van der Waals surface area (Å²) >= 11 is 0. The Morgan fingerprint density at radius 3 is 3.00 bits per heavy atom. The number of amides is 1. The molecule has 1 amide bonds. The van der Waals surface area contributed by atoms with Crippen LogP contribution in [0.4, 0.5) is 0 Å². The Morgan fingerprint density at radius 1 is 1.50 bits per heavy atom. The van der Waals surface area contributed by atoms with Crippen LogP contribution < -0.4 is 5.32 Å². The second-order valence-electron chi connectivity index (χ2n) is 3.94. The van der Waals surface area contributed by atoms with Crippen molar-refractivity contribution in [3.05, 3.63) is 41.7 Å². The van der Waals surface area contributed by atoms with Crippen LogP contribution in [-0.2, 0) is 6.54 Å². The number of hydrogen-bond donors (Lipinski definition) is 2. The van der Waals surface area contributed by atoms with Gasteiger partial charge in [0.25, 0.3) is 5.91 Å². The zero-order valence-corrected chi connectivity index (χ0v) is 10.00. The van der Waals surface area contributed by atoms with Crippen molar-refractivity contribution in [2.75, 3.05) is 6.54 Å². The van der Waals surface area contributed by atoms with Gasteiger partial charge in [-0.3, -0.25) is 9.48 Å². The fourth-order valence-corrected chi connectivity index (χ4v) is 1.56. The molecule has 0 aliphatic heterocycles. The highest BCUT2D eigenvalue weighted by Crippen LogP contribution is 2.17. The maximum absolute atomic E-state index is 11.8. The third-order valence-electron chi connectivity index (χ3n) is 2.50. The number of nitrogens with zero attached hydrogens (tertiary/aromatic N) is 3. The van der Waals surface area contributed by atoms with E-state index in [2.05, 4.69) is 15.6 Å². The van der Waals surface area contributed by atoms with Crippen molar-refractivity contribution in [2.45, 2.75) is 13.5 Å². The van der Waals surface area contributed by atoms with Crippen LogP contribution in [0.25, 0.3) is 0 Å². The molecule has 0 spiro atoms. The molecule has 94 valence electrons. The molecule has 2 aromatic rings. The summed E-state index contributed by atoms with van der Waals surface area (Å²) in [5.74, 6) is -0.305. The van der Waals surface area contributed by atoms with Crippen molar-refractivity contribution in [2.24, 2.45) is 0 Å². The smallest absolute Gasteiger partial charge is 0.255 e. The van der Waals surface area contributed by atoms with Crippen molar-refractivity contribution in [1.82, 2.24) is 20.3 Å². The molecular formula is C12H14N4O2. The first kappa shape index (κ1) is 12.1. The van der Waals surface area contributed by atoms with Gasteiger partial charge in [0.1, 0.15) is 5.75 Å². The van der Waals surface area contributed by atoms with Gasteiger partial charge in [0.2, 0.25) is 0 Å². The van der Waals surface area contributed by atoms with E-state index in [1.165, 1.54) is 0 Å². The Balaban J connectivity index is 1.91. The molecule has 18 heavy (non-hydrogen) atoms. The molecule has 1 heterocycles. The zero-order valence-electron chi connectivity index (χ0n) is 10.00. The van der Waals surface area contributed by atoms with Gasteiger partial charge in [-0.15, -0.1) is 5.10 Å². The van der Waals surface area contributed by atoms with Crippen molar-refractivity contribution in [1.29, 1.82) is 0 Å². The van der Waals surface area contributed by atoms with Crippen LogP contribution in [0.15, 0.2) is 30.6 Å². The van der Waals surface area contributed by atoms with Crippen LogP contribution in [0.3, 0.4) is 0 Å². The van der Waals surface area contributed by atoms with Crippen molar-refractivity contribution in [3.63, 3.8) is 0 Å². The first-order chi connectivity index (χ1) is 8.66. The number of phenolic OH excluding ortho intramolecular Hbond substituents is 1. The van der Waals surface area contributed by atoms with E-state index in [9.17, 15) is 9.90 Å². The predicted octanol–water partition coefficient (Wildman–Crippen LogP) is 0.722. The number of rotatable bonds is 4. The van der Waals surface area contributed by atoms with E-state index < -0.39 is 0 Å². The van der Waals surface area contributed by atoms with E-state index in [1.54, 1.807) is 35.3 Å². The van der Waals surface area contributed by atoms with Crippen LogP contribution in [-0.4, -0.2) is 32.6 Å². The lowest BCUT2D eigenvalue weighted by Gasteiger charge is -2.07. The third-order valence-corrected chi connectivity index (χ3v) is 2.50. The number of aromatic nitrogens is 3. The molecule has 0 aliphatic carbocycles. The summed E-state index contributed by atoms with van der Waals surface area (Å²) in [6.07, 6.45) is 3.29. The summed E-state index contributed by atoms with van der Waals surface area (Å²) in [6.45, 7) is 2.82. The molecule has 1 aromatic carbocycles. The summed E-state index contributed by atoms with van der Waals surface area (Å²) in [5.41, 5.74) is 1.19. The lowest BCUT2D eigenvalue weighted by atomic mass is 10.1. The summed E-state index contributed by atoms with van der Waals surface area (Å²) in [5, 5.41) is 19.8. The van der Waals surface area contributed by atoms with Crippen LogP contribution >= 0.6 is 0 Å². The number of aromatic hydroxyl groups is 1. The molecule has 2 rings (SSSR count). The van der Waals surface area contributed by atoms with Gasteiger partial charge in [0.05, 0.1) is 18.3 Å². The van der Waals surface area contributed by atoms with E-state index in [4.69, 9.17) is 0 Å². The highest BCUT2D eigenvalue weighted by atomic mass is 16.3. The van der Waals surface area contributed by atoms with Crippen molar-refractivity contribution in [3.8, 4) is 5.75 Å². The molecule has 1 aromatic heterocycles. The fraction of sp³-hybridized carbons (Fsp3) is 0.250. The van der Waals surface area contributed by atoms with E-state index >= 15 is 0 Å². The second kappa shape index (κ2) is 5.31. The second-order valence-corrected chi connectivity index (χ2v) is 3.94. The predicted molar refractivity (Wildman–Crippen MR) is 65.2 cm³/mol. The Labute approximate surface area is 104 Å². The highest BCUT2D eigenvalue weighted by Gasteiger charge is 2.10. The normalized spacial score (nSPS) is 10.3. The van der Waals surface area contributed by atoms with Crippen LogP contribution in [0.5, 0.6) is 5.75 Å². The van der Waals surface area contributed by atoms with Gasteiger partial charge in [-0.1, -0.05) is 11.3 Å². The average molecular weight is 246 g/mol. The summed E-state index contributed by atoms with van der Waals surface area (Å²) in [4.78, 5) is 11.8. The minimum atomic E-state index is -0.299. The number of benzene rings is 1. The van der Waals surface area contributed by atoms with Gasteiger partial charge in [-0.05, 0) is 24.6 Å². The van der Waals surface area contributed by atoms with Crippen LogP contribution in [0.2, 0.25) is 0 Å². The average Bonchev–Trinajstić information content (AvgIpc) is 2.81. The molecule has 0 saturated carbocycles. The Hall–Kier alpha value is -2.37. The maximum Gasteiger partial charge on any atom is 0.255 e. The lowest BCUT2D eigenvalue weighted by Crippen LogP contribution is -2.27. The molecule has 0 radical (unpaired) electrons. The van der Waals surface area contributed by atoms with Crippen LogP contribution in [0, 0.1) is 6.92 Å². The third kappa shape index (κ3) is 2.85. The van der Waals surface area contributed by atoms with Crippen LogP contribution in [0.1, 0.15) is 15.9 Å². The van der Waals surface area contributed by atoms with E-state index in [1.807, 2.05) is 6.92 Å². The number of carbonyl (C=O) groups excluding carboxylic acids is 1. The number of nitrogens with one attached hydrogen (secondary N) is 1. The van der Waals surface area contributed by atoms with Gasteiger partial charge in [0, 0.05) is 12.7 Å². The van der Waals surface area contributed by atoms with Crippen molar-refractivity contribution >= 4 is 5.91 Å². The standard InChI is InChI=1S/C12H14N4O2/c1-9-2-3-10(11(17)8-9)12(18)13-4-6-16-7-5-14-15-16/h2-3,5,7-8,17H,4,6H2,1H3,(H,13,18). The summed E-state index contributed by atoms with van der Waals surface area (Å²) < 4.78 is 1.62. The van der Waals surface area contributed by atoms with Gasteiger partial charge >= 0.3 is 0 Å². The quantitative estimate of drug-likeness (QED) is 0.833. The minimum absolute atomic E-state index is 0.00624. The number of hydrogen-bond acceptors (Lipinski definition) is 4. The molecule has 0 aliphatic rings. The number of phenols is 1. The van der Waals surface area contributed by atoms with E-state index in [0.29, 0.717) is 13.1 Å². The maximum atomic E-state index is 11.8. The summed E-state index contributed by atoms with van der Waals surface area (Å²) in [7, 11) is 0. The largest absolute Gasteiger partial charge is 0.507 e. The van der Waals surface area contributed by atoms with Gasteiger partial charge in [-0.25, -0.2) is 0 Å². The first-order valence-corrected chi connectivity index (χ1v) is 5.59. The zero-order chi connectivity index (χ0) is 13.0. The molecule has 0 bridgehead atoms. The Bertz CT molecular complexity index is 537. The molecule has 6 nitrogen and oxygen atoms in total. The number of aryl methyl sites for hydroxylation is 1. The van der Waals surface area contributed by atoms with Gasteiger partial charge in [-0.2, -0.15) is 0 Å². The molecular weight excluding hydrogens is 232 g/mol. The molecule has 6 heteroatoms. The molecule has 0 atom stereocenters. The van der Waals surface area contributed by atoms with E-state index in [0.717, 1.165) is 5.56 Å². The topological polar surface area (TPSA) is 80.0 Å². The molecule has 0 unspecified atom stereocenters. The SMILES string of the molecule is Cc1ccc(C(=O)NCCn2ccnn2)c(O)c1. The monoisotopic (exact) mass is 246 g/mol. The fourth-order valence-electron chi connectivity index (χ4n) is 1.56. The summed E-state index contributed by atoms with van der Waals surface area (Å²) in [6, 6.07) is 4.95. The number of carbonyl (C=O) groups is 1. The lowest BCUT2D eigenvalue weighted by molar-refractivity contribution is 0.0949. The van der Waals surface area contributed by atoms with Crippen molar-refractivity contribution < 1.29 is 9.90 Å². The van der Waals surface area contributed by atoms with Gasteiger partial charge < -0.3 is 10.4 Å². The van der Waals surface area contributed by atoms with E-state index in [-0.39, 0.29) is 17.2 Å². The first-order valence-electron chi connectivity index (χ1n) is 5.59. The molecule has 0 fully saturated rings. The molecule has 0 saturated heterocycles.